The Kier molecular flexibility index (Phi) is 6.79. The number of hydrogen-bond donors (Lipinski definition) is 1. The molecule has 1 unspecified atom stereocenters. The van der Waals surface area contributed by atoms with Crippen LogP contribution in [0, 0.1) is 5.92 Å². The Balaban J connectivity index is 1.88. The Bertz CT molecular complexity index is 408. The van der Waals surface area contributed by atoms with Gasteiger partial charge in [0.2, 0.25) is 0 Å². The highest BCUT2D eigenvalue weighted by Gasteiger charge is 2.16. The van der Waals surface area contributed by atoms with Crippen LogP contribution in [0.5, 0.6) is 5.75 Å². The fourth-order valence-corrected chi connectivity index (χ4v) is 2.56. The van der Waals surface area contributed by atoms with E-state index in [0.717, 1.165) is 55.1 Å². The first-order valence-corrected chi connectivity index (χ1v) is 7.77. The van der Waals surface area contributed by atoms with E-state index in [9.17, 15) is 0 Å². The molecule has 1 aromatic carbocycles. The molecule has 1 atom stereocenters. The summed E-state index contributed by atoms with van der Waals surface area (Å²) >= 11 is 3.51. The fraction of sp³-hybridized carbons (Fsp3) is 0.600. The zero-order valence-corrected chi connectivity index (χ0v) is 13.4. The summed E-state index contributed by atoms with van der Waals surface area (Å²) in [5, 5.41) is 3.35. The number of rotatable bonds is 8. The van der Waals surface area contributed by atoms with E-state index in [4.69, 9.17) is 14.2 Å². The Hall–Kier alpha value is -0.620. The van der Waals surface area contributed by atoms with E-state index < -0.39 is 0 Å². The van der Waals surface area contributed by atoms with Gasteiger partial charge in [-0.15, -0.1) is 0 Å². The smallest absolute Gasteiger partial charge is 0.123 e. The van der Waals surface area contributed by atoms with Crippen LogP contribution in [0.25, 0.3) is 0 Å². The summed E-state index contributed by atoms with van der Waals surface area (Å²) in [4.78, 5) is 0. The maximum atomic E-state index is 5.96. The maximum absolute atomic E-state index is 5.96. The van der Waals surface area contributed by atoms with E-state index in [-0.39, 0.29) is 0 Å². The minimum absolute atomic E-state index is 0.521. The van der Waals surface area contributed by atoms with E-state index in [1.54, 1.807) is 7.11 Å². The molecule has 1 fully saturated rings. The van der Waals surface area contributed by atoms with Crippen LogP contribution in [0.15, 0.2) is 22.7 Å². The molecule has 5 heteroatoms. The first-order valence-electron chi connectivity index (χ1n) is 6.98. The molecule has 20 heavy (non-hydrogen) atoms. The first kappa shape index (κ1) is 15.8. The van der Waals surface area contributed by atoms with Gasteiger partial charge in [0.1, 0.15) is 5.75 Å². The van der Waals surface area contributed by atoms with Crippen molar-refractivity contribution in [3.8, 4) is 5.75 Å². The average molecular weight is 344 g/mol. The minimum Gasteiger partial charge on any atom is -0.493 e. The summed E-state index contributed by atoms with van der Waals surface area (Å²) in [6, 6.07) is 6.13. The van der Waals surface area contributed by atoms with E-state index in [2.05, 4.69) is 27.3 Å². The quantitative estimate of drug-likeness (QED) is 0.736. The third kappa shape index (κ3) is 5.05. The van der Waals surface area contributed by atoms with Gasteiger partial charge in [-0.3, -0.25) is 0 Å². The van der Waals surface area contributed by atoms with Crippen LogP contribution in [0.4, 0.5) is 0 Å². The Labute approximate surface area is 128 Å². The van der Waals surface area contributed by atoms with Crippen LogP contribution in [-0.2, 0) is 16.0 Å². The van der Waals surface area contributed by atoms with Crippen molar-refractivity contribution in [3.05, 3.63) is 28.2 Å². The van der Waals surface area contributed by atoms with Crippen LogP contribution in [0.3, 0.4) is 0 Å². The molecule has 0 radical (unpaired) electrons. The lowest BCUT2D eigenvalue weighted by molar-refractivity contribution is 0.166. The number of halogens is 1. The Morgan fingerprint density at radius 1 is 1.45 bits per heavy atom. The summed E-state index contributed by atoms with van der Waals surface area (Å²) in [5.41, 5.74) is 1.16. The van der Waals surface area contributed by atoms with E-state index in [0.29, 0.717) is 12.5 Å². The topological polar surface area (TPSA) is 39.7 Å². The standard InChI is InChI=1S/C15H22BrNO3/c1-18-7-5-17-9-13-8-14(16)2-3-15(13)20-11-12-4-6-19-10-12/h2-3,8,12,17H,4-7,9-11H2,1H3. The Morgan fingerprint density at radius 3 is 3.10 bits per heavy atom. The van der Waals surface area contributed by atoms with Gasteiger partial charge in [-0.25, -0.2) is 0 Å². The van der Waals surface area contributed by atoms with E-state index >= 15 is 0 Å². The highest BCUT2D eigenvalue weighted by atomic mass is 79.9. The molecular formula is C15H22BrNO3. The van der Waals surface area contributed by atoms with Crippen molar-refractivity contribution in [2.75, 3.05) is 40.1 Å². The molecule has 0 aliphatic carbocycles. The predicted molar refractivity (Wildman–Crippen MR) is 82.1 cm³/mol. The summed E-state index contributed by atoms with van der Waals surface area (Å²) in [6.07, 6.45) is 1.10. The number of ether oxygens (including phenoxy) is 3. The van der Waals surface area contributed by atoms with Gasteiger partial charge in [-0.05, 0) is 24.6 Å². The number of nitrogens with one attached hydrogen (secondary N) is 1. The second-order valence-electron chi connectivity index (χ2n) is 4.96. The summed E-state index contributed by atoms with van der Waals surface area (Å²) in [5.74, 6) is 1.47. The lowest BCUT2D eigenvalue weighted by atomic mass is 10.1. The van der Waals surface area contributed by atoms with Gasteiger partial charge in [0.05, 0.1) is 19.8 Å². The molecule has 1 aliphatic heterocycles. The van der Waals surface area contributed by atoms with E-state index in [1.165, 1.54) is 0 Å². The summed E-state index contributed by atoms with van der Waals surface area (Å²) in [7, 11) is 1.71. The van der Waals surface area contributed by atoms with Crippen molar-refractivity contribution in [3.63, 3.8) is 0 Å². The molecule has 1 heterocycles. The van der Waals surface area contributed by atoms with Gasteiger partial charge in [-0.1, -0.05) is 15.9 Å². The van der Waals surface area contributed by atoms with Crippen LogP contribution < -0.4 is 10.1 Å². The van der Waals surface area contributed by atoms with E-state index in [1.807, 2.05) is 12.1 Å². The largest absolute Gasteiger partial charge is 0.493 e. The zero-order chi connectivity index (χ0) is 14.2. The van der Waals surface area contributed by atoms with Crippen LogP contribution in [0.2, 0.25) is 0 Å². The predicted octanol–water partition coefficient (Wildman–Crippen LogP) is 2.60. The van der Waals surface area contributed by atoms with Gasteiger partial charge in [0, 0.05) is 42.8 Å². The molecule has 4 nitrogen and oxygen atoms in total. The molecule has 112 valence electrons. The molecule has 0 amide bonds. The molecule has 0 spiro atoms. The summed E-state index contributed by atoms with van der Waals surface area (Å²) in [6.45, 7) is 4.73. The molecule has 1 N–H and O–H groups in total. The normalized spacial score (nSPS) is 18.4. The van der Waals surface area contributed by atoms with Crippen LogP contribution >= 0.6 is 15.9 Å². The third-order valence-electron chi connectivity index (χ3n) is 3.32. The van der Waals surface area contributed by atoms with Crippen molar-refractivity contribution in [1.29, 1.82) is 0 Å². The third-order valence-corrected chi connectivity index (χ3v) is 3.81. The molecule has 0 aromatic heterocycles. The molecule has 1 aliphatic rings. The van der Waals surface area contributed by atoms with Gasteiger partial charge in [-0.2, -0.15) is 0 Å². The van der Waals surface area contributed by atoms with Crippen molar-refractivity contribution in [2.45, 2.75) is 13.0 Å². The highest BCUT2D eigenvalue weighted by molar-refractivity contribution is 9.10. The first-order chi connectivity index (χ1) is 9.79. The SMILES string of the molecule is COCCNCc1cc(Br)ccc1OCC1CCOC1. The van der Waals surface area contributed by atoms with Crippen molar-refractivity contribution in [1.82, 2.24) is 5.32 Å². The van der Waals surface area contributed by atoms with Gasteiger partial charge in [0.15, 0.2) is 0 Å². The minimum atomic E-state index is 0.521. The molecule has 1 aromatic rings. The molecule has 0 saturated carbocycles. The van der Waals surface area contributed by atoms with Gasteiger partial charge < -0.3 is 19.5 Å². The second kappa shape index (κ2) is 8.62. The number of benzene rings is 1. The lowest BCUT2D eigenvalue weighted by Crippen LogP contribution is -2.19. The molecule has 1 saturated heterocycles. The second-order valence-corrected chi connectivity index (χ2v) is 5.88. The highest BCUT2D eigenvalue weighted by Crippen LogP contribution is 2.24. The lowest BCUT2D eigenvalue weighted by Gasteiger charge is -2.15. The Morgan fingerprint density at radius 2 is 2.35 bits per heavy atom. The maximum Gasteiger partial charge on any atom is 0.123 e. The molecule has 2 rings (SSSR count). The number of hydrogen-bond acceptors (Lipinski definition) is 4. The van der Waals surface area contributed by atoms with Crippen molar-refractivity contribution in [2.24, 2.45) is 5.92 Å². The molecular weight excluding hydrogens is 322 g/mol. The monoisotopic (exact) mass is 343 g/mol. The van der Waals surface area contributed by atoms with Gasteiger partial charge in [0.25, 0.3) is 0 Å². The zero-order valence-electron chi connectivity index (χ0n) is 11.9. The van der Waals surface area contributed by atoms with Crippen molar-refractivity contribution >= 4 is 15.9 Å². The van der Waals surface area contributed by atoms with Crippen molar-refractivity contribution < 1.29 is 14.2 Å². The number of methoxy groups -OCH3 is 1. The molecule has 0 bridgehead atoms. The van der Waals surface area contributed by atoms with Crippen LogP contribution in [-0.4, -0.2) is 40.1 Å². The summed E-state index contributed by atoms with van der Waals surface area (Å²) < 4.78 is 17.4. The van der Waals surface area contributed by atoms with Crippen LogP contribution in [0.1, 0.15) is 12.0 Å². The van der Waals surface area contributed by atoms with Gasteiger partial charge >= 0.3 is 0 Å². The fourth-order valence-electron chi connectivity index (χ4n) is 2.15. The average Bonchev–Trinajstić information content (AvgIpc) is 2.96.